The maximum Gasteiger partial charge on any atom is 0.0994 e. The Kier molecular flexibility index (Phi) is 6.40. The molecule has 0 aliphatic heterocycles. The summed E-state index contributed by atoms with van der Waals surface area (Å²) in [5.41, 5.74) is 3.64. The number of rotatable bonds is 6. The summed E-state index contributed by atoms with van der Waals surface area (Å²) in [6.07, 6.45) is 2.00. The van der Waals surface area contributed by atoms with Crippen molar-refractivity contribution in [2.24, 2.45) is 5.92 Å². The van der Waals surface area contributed by atoms with Crippen LogP contribution in [0.2, 0.25) is 0 Å². The Bertz CT molecular complexity index is 993. The van der Waals surface area contributed by atoms with E-state index in [1.165, 1.54) is 0 Å². The maximum absolute atomic E-state index is 10.0. The first-order valence-corrected chi connectivity index (χ1v) is 9.41. The van der Waals surface area contributed by atoms with E-state index >= 15 is 0 Å². The molecule has 0 aromatic heterocycles. The van der Waals surface area contributed by atoms with E-state index in [0.717, 1.165) is 16.7 Å². The lowest BCUT2D eigenvalue weighted by Crippen LogP contribution is -2.17. The van der Waals surface area contributed by atoms with Crippen LogP contribution in [0, 0.1) is 28.6 Å². The van der Waals surface area contributed by atoms with E-state index in [0.29, 0.717) is 5.57 Å². The number of benzene rings is 3. The maximum atomic E-state index is 10.0. The molecule has 3 aromatic rings. The Labute approximate surface area is 167 Å². The van der Waals surface area contributed by atoms with Gasteiger partial charge in [-0.3, -0.25) is 0 Å². The highest BCUT2D eigenvalue weighted by Crippen LogP contribution is 2.39. The minimum atomic E-state index is -0.300. The highest BCUT2D eigenvalue weighted by atomic mass is 14.4. The number of nitrogens with zero attached hydrogens (tertiary/aromatic N) is 2. The third-order valence-corrected chi connectivity index (χ3v) is 5.04. The minimum absolute atomic E-state index is 0.00196. The van der Waals surface area contributed by atoms with Gasteiger partial charge in [0.2, 0.25) is 0 Å². The van der Waals surface area contributed by atoms with E-state index in [2.05, 4.69) is 31.2 Å². The molecule has 2 heteroatoms. The number of hydrogen-bond acceptors (Lipinski definition) is 2. The third-order valence-electron chi connectivity index (χ3n) is 5.04. The van der Waals surface area contributed by atoms with Gasteiger partial charge in [-0.1, -0.05) is 104 Å². The van der Waals surface area contributed by atoms with Crippen LogP contribution in [0.25, 0.3) is 5.57 Å². The fourth-order valence-corrected chi connectivity index (χ4v) is 3.68. The molecule has 3 aromatic carbocycles. The van der Waals surface area contributed by atoms with E-state index in [-0.39, 0.29) is 17.8 Å². The van der Waals surface area contributed by atoms with Gasteiger partial charge < -0.3 is 0 Å². The van der Waals surface area contributed by atoms with Crippen molar-refractivity contribution in [3.63, 3.8) is 0 Å². The summed E-state index contributed by atoms with van der Waals surface area (Å²) in [7, 11) is 0. The minimum Gasteiger partial charge on any atom is -0.198 e. The lowest BCUT2D eigenvalue weighted by molar-refractivity contribution is 0.508. The van der Waals surface area contributed by atoms with Gasteiger partial charge in [-0.2, -0.15) is 10.5 Å². The molecule has 0 saturated carbocycles. The molecule has 3 rings (SSSR count). The van der Waals surface area contributed by atoms with Crippen LogP contribution < -0.4 is 0 Å². The van der Waals surface area contributed by atoms with Gasteiger partial charge in [-0.25, -0.2) is 0 Å². The van der Waals surface area contributed by atoms with E-state index < -0.39 is 0 Å². The highest BCUT2D eigenvalue weighted by molar-refractivity contribution is 5.76. The topological polar surface area (TPSA) is 47.6 Å². The molecule has 0 N–H and O–H groups in total. The van der Waals surface area contributed by atoms with Gasteiger partial charge in [-0.05, 0) is 22.6 Å². The number of hydrogen-bond donors (Lipinski definition) is 0. The first-order valence-electron chi connectivity index (χ1n) is 9.41. The Hall–Kier alpha value is -3.62. The lowest BCUT2D eigenvalue weighted by Gasteiger charge is -2.27. The summed E-state index contributed by atoms with van der Waals surface area (Å²) in [6, 6.07) is 34.5. The molecule has 136 valence electrons. The van der Waals surface area contributed by atoms with E-state index in [4.69, 9.17) is 0 Å². The van der Waals surface area contributed by atoms with Crippen molar-refractivity contribution in [3.8, 4) is 12.1 Å². The van der Waals surface area contributed by atoms with Gasteiger partial charge in [0.05, 0.1) is 23.6 Å². The molecule has 2 nitrogen and oxygen atoms in total. The van der Waals surface area contributed by atoms with Crippen molar-refractivity contribution < 1.29 is 0 Å². The Morgan fingerprint density at radius 1 is 0.750 bits per heavy atom. The summed E-state index contributed by atoms with van der Waals surface area (Å²) in [5.74, 6) is -0.353. The fourth-order valence-electron chi connectivity index (χ4n) is 3.68. The summed E-state index contributed by atoms with van der Waals surface area (Å²) in [5, 5.41) is 19.7. The Balaban J connectivity index is 2.05. The molecule has 0 radical (unpaired) electrons. The monoisotopic (exact) mass is 362 g/mol. The van der Waals surface area contributed by atoms with Crippen molar-refractivity contribution in [1.82, 2.24) is 0 Å². The van der Waals surface area contributed by atoms with Gasteiger partial charge >= 0.3 is 0 Å². The predicted octanol–water partition coefficient (Wildman–Crippen LogP) is 6.32. The Morgan fingerprint density at radius 2 is 1.25 bits per heavy atom. The second-order valence-corrected chi connectivity index (χ2v) is 6.87. The number of allylic oxidation sites excluding steroid dienone is 2. The van der Waals surface area contributed by atoms with Gasteiger partial charge in [0.15, 0.2) is 0 Å². The molecule has 0 aliphatic rings. The average Bonchev–Trinajstić information content (AvgIpc) is 2.77. The molecule has 0 spiro atoms. The molecular formula is C26H22N2. The van der Waals surface area contributed by atoms with Gasteiger partial charge in [0.1, 0.15) is 0 Å². The van der Waals surface area contributed by atoms with Crippen LogP contribution in [0.15, 0.2) is 97.1 Å². The lowest BCUT2D eigenvalue weighted by atomic mass is 9.74. The first-order chi connectivity index (χ1) is 13.7. The molecule has 0 bridgehead atoms. The molecule has 28 heavy (non-hydrogen) atoms. The summed E-state index contributed by atoms with van der Waals surface area (Å²) >= 11 is 0. The molecule has 0 heterocycles. The van der Waals surface area contributed by atoms with Crippen LogP contribution in [0.4, 0.5) is 0 Å². The molecular weight excluding hydrogens is 340 g/mol. The molecule has 0 fully saturated rings. The van der Waals surface area contributed by atoms with Gasteiger partial charge in [0, 0.05) is 5.92 Å². The molecule has 3 unspecified atom stereocenters. The summed E-state index contributed by atoms with van der Waals surface area (Å²) in [4.78, 5) is 0. The molecule has 0 saturated heterocycles. The second-order valence-electron chi connectivity index (χ2n) is 6.87. The van der Waals surface area contributed by atoms with Crippen LogP contribution in [-0.2, 0) is 0 Å². The van der Waals surface area contributed by atoms with Crippen LogP contribution in [0.1, 0.15) is 35.4 Å². The van der Waals surface area contributed by atoms with Crippen LogP contribution in [0.5, 0.6) is 0 Å². The fraction of sp³-hybridized carbons (Fsp3) is 0.154. The Morgan fingerprint density at radius 3 is 1.75 bits per heavy atom. The molecule has 0 aliphatic carbocycles. The number of nitriles is 2. The quantitative estimate of drug-likeness (QED) is 0.482. The van der Waals surface area contributed by atoms with E-state index in [1.54, 1.807) is 0 Å². The average molecular weight is 362 g/mol. The first kappa shape index (κ1) is 19.2. The molecule has 3 atom stereocenters. The van der Waals surface area contributed by atoms with Gasteiger partial charge in [-0.15, -0.1) is 0 Å². The normalized spacial score (nSPS) is 14.3. The zero-order valence-electron chi connectivity index (χ0n) is 15.9. The highest BCUT2D eigenvalue weighted by Gasteiger charge is 2.29. The van der Waals surface area contributed by atoms with E-state index in [1.807, 2.05) is 84.9 Å². The third kappa shape index (κ3) is 4.37. The smallest absolute Gasteiger partial charge is 0.0994 e. The largest absolute Gasteiger partial charge is 0.198 e. The van der Waals surface area contributed by atoms with Crippen molar-refractivity contribution in [3.05, 3.63) is 114 Å². The zero-order chi connectivity index (χ0) is 19.8. The summed E-state index contributed by atoms with van der Waals surface area (Å²) < 4.78 is 0. The summed E-state index contributed by atoms with van der Waals surface area (Å²) in [6.45, 7) is 2.09. The SMILES string of the molecule is CC(C=C(C#N)c1ccccc1)C(c1ccccc1)C(C#N)c1ccccc1. The second kappa shape index (κ2) is 9.36. The van der Waals surface area contributed by atoms with Gasteiger partial charge in [0.25, 0.3) is 0 Å². The standard InChI is InChI=1S/C26H22N2/c1-20(17-24(18-27)21-11-5-2-6-12-21)26(23-15-9-4-10-16-23)25(19-28)22-13-7-3-8-14-22/h2-17,20,25-26H,1H3. The van der Waals surface area contributed by atoms with Crippen molar-refractivity contribution >= 4 is 5.57 Å². The van der Waals surface area contributed by atoms with Crippen LogP contribution in [-0.4, -0.2) is 0 Å². The van der Waals surface area contributed by atoms with Crippen molar-refractivity contribution in [2.75, 3.05) is 0 Å². The van der Waals surface area contributed by atoms with Crippen LogP contribution >= 0.6 is 0 Å². The van der Waals surface area contributed by atoms with Crippen molar-refractivity contribution in [2.45, 2.75) is 18.8 Å². The molecule has 0 amide bonds. The predicted molar refractivity (Wildman–Crippen MR) is 113 cm³/mol. The van der Waals surface area contributed by atoms with Crippen LogP contribution in [0.3, 0.4) is 0 Å². The zero-order valence-corrected chi connectivity index (χ0v) is 15.9. The van der Waals surface area contributed by atoms with Crippen molar-refractivity contribution in [1.29, 1.82) is 10.5 Å². The van der Waals surface area contributed by atoms with E-state index in [9.17, 15) is 10.5 Å².